The summed E-state index contributed by atoms with van der Waals surface area (Å²) >= 11 is 5.84. The molecule has 0 aliphatic heterocycles. The average Bonchev–Trinajstić information content (AvgIpc) is 2.75. The first-order valence-electron chi connectivity index (χ1n) is 5.57. The summed E-state index contributed by atoms with van der Waals surface area (Å²) in [6.07, 6.45) is 3.47. The number of carbonyl (C=O) groups is 3. The summed E-state index contributed by atoms with van der Waals surface area (Å²) in [5.74, 6) is -1.20. The fourth-order valence-electron chi connectivity index (χ4n) is 1.18. The number of aromatic nitrogens is 2. The minimum atomic E-state index is -0.828. The number of hydrogen-bond acceptors (Lipinski definition) is 6. The van der Waals surface area contributed by atoms with Gasteiger partial charge in [-0.2, -0.15) is 5.10 Å². The van der Waals surface area contributed by atoms with Crippen LogP contribution in [0.3, 0.4) is 0 Å². The third-order valence-corrected chi connectivity index (χ3v) is 2.34. The molecular weight excluding hydrogens is 304 g/mol. The average molecular weight is 317 g/mol. The number of nitrogens with zero attached hydrogens (tertiary/aromatic N) is 2. The summed E-state index contributed by atoms with van der Waals surface area (Å²) in [6, 6.07) is -0.828. The van der Waals surface area contributed by atoms with Crippen molar-refractivity contribution in [3.05, 3.63) is 23.6 Å². The van der Waals surface area contributed by atoms with Gasteiger partial charge in [-0.1, -0.05) is 11.6 Å². The molecule has 21 heavy (non-hydrogen) atoms. The van der Waals surface area contributed by atoms with E-state index < -0.39 is 17.9 Å². The molecule has 0 radical (unpaired) electrons. The molecule has 1 rings (SSSR count). The third kappa shape index (κ3) is 5.53. The van der Waals surface area contributed by atoms with E-state index in [9.17, 15) is 14.4 Å². The second-order valence-corrected chi connectivity index (χ2v) is 3.99. The van der Waals surface area contributed by atoms with E-state index in [0.717, 1.165) is 12.3 Å². The number of rotatable bonds is 5. The Labute approximate surface area is 124 Å². The molecule has 3 amide bonds. The van der Waals surface area contributed by atoms with Crippen molar-refractivity contribution in [2.75, 3.05) is 19.5 Å². The lowest BCUT2D eigenvalue weighted by molar-refractivity contribution is -0.141. The summed E-state index contributed by atoms with van der Waals surface area (Å²) in [5.41, 5.74) is 0. The van der Waals surface area contributed by atoms with Gasteiger partial charge < -0.3 is 9.47 Å². The van der Waals surface area contributed by atoms with Gasteiger partial charge >= 0.3 is 12.0 Å². The van der Waals surface area contributed by atoms with E-state index in [-0.39, 0.29) is 17.4 Å². The molecule has 114 valence electrons. The van der Waals surface area contributed by atoms with E-state index in [2.05, 4.69) is 19.9 Å². The first-order chi connectivity index (χ1) is 9.96. The molecule has 9 nitrogen and oxygen atoms in total. The Morgan fingerprint density at radius 2 is 2.14 bits per heavy atom. The number of methoxy groups -OCH3 is 2. The second kappa shape index (κ2) is 7.90. The number of ether oxygens (including phenoxy) is 2. The van der Waals surface area contributed by atoms with Crippen molar-refractivity contribution < 1.29 is 23.9 Å². The number of imide groups is 1. The monoisotopic (exact) mass is 316 g/mol. The SMILES string of the molecule is CO/C=C/C(=O)NC(=O)Nc1nn(CC(=O)OC)cc1Cl. The Morgan fingerprint density at radius 1 is 1.43 bits per heavy atom. The molecule has 0 saturated carbocycles. The van der Waals surface area contributed by atoms with Gasteiger partial charge in [0.2, 0.25) is 0 Å². The first-order valence-corrected chi connectivity index (χ1v) is 5.95. The standard InChI is InChI=1S/C11H13ClN4O5/c1-20-4-3-8(17)13-11(19)14-10-7(12)5-16(15-10)6-9(18)21-2/h3-5H,6H2,1-2H3,(H2,13,14,15,17,19)/b4-3+. The van der Waals surface area contributed by atoms with E-state index >= 15 is 0 Å². The number of nitrogens with one attached hydrogen (secondary N) is 2. The van der Waals surface area contributed by atoms with Gasteiger partial charge in [0, 0.05) is 12.3 Å². The predicted octanol–water partition coefficient (Wildman–Crippen LogP) is 0.518. The van der Waals surface area contributed by atoms with Crippen LogP contribution < -0.4 is 10.6 Å². The van der Waals surface area contributed by atoms with Gasteiger partial charge in [-0.3, -0.25) is 24.9 Å². The Hall–Kier alpha value is -2.55. The number of esters is 1. The normalized spacial score (nSPS) is 10.2. The van der Waals surface area contributed by atoms with Crippen molar-refractivity contribution in [2.45, 2.75) is 6.54 Å². The fraction of sp³-hybridized carbons (Fsp3) is 0.273. The summed E-state index contributed by atoms with van der Waals surface area (Å²) in [5, 5.41) is 8.23. The van der Waals surface area contributed by atoms with Crippen LogP contribution in [0.5, 0.6) is 0 Å². The molecule has 10 heteroatoms. The zero-order valence-corrected chi connectivity index (χ0v) is 12.0. The van der Waals surface area contributed by atoms with E-state index in [1.165, 1.54) is 25.1 Å². The van der Waals surface area contributed by atoms with Crippen molar-refractivity contribution in [2.24, 2.45) is 0 Å². The van der Waals surface area contributed by atoms with Crippen LogP contribution in [0.4, 0.5) is 10.6 Å². The Morgan fingerprint density at radius 3 is 2.76 bits per heavy atom. The highest BCUT2D eigenvalue weighted by molar-refractivity contribution is 6.33. The van der Waals surface area contributed by atoms with E-state index in [1.807, 2.05) is 5.32 Å². The Kier molecular flexibility index (Phi) is 6.21. The maximum atomic E-state index is 11.5. The molecule has 1 aromatic rings. The molecule has 0 fully saturated rings. The lowest BCUT2D eigenvalue weighted by Crippen LogP contribution is -2.33. The Bertz CT molecular complexity index is 569. The van der Waals surface area contributed by atoms with Crippen LogP contribution in [0.1, 0.15) is 0 Å². The van der Waals surface area contributed by atoms with Crippen molar-refractivity contribution in [1.29, 1.82) is 0 Å². The molecule has 0 atom stereocenters. The molecular formula is C11H13ClN4O5. The first kappa shape index (κ1) is 16.5. The summed E-state index contributed by atoms with van der Waals surface area (Å²) in [6.45, 7) is -0.158. The molecule has 0 spiro atoms. The number of anilines is 1. The van der Waals surface area contributed by atoms with Crippen molar-refractivity contribution in [3.8, 4) is 0 Å². The lowest BCUT2D eigenvalue weighted by Gasteiger charge is -2.02. The fourth-order valence-corrected chi connectivity index (χ4v) is 1.38. The Balaban J connectivity index is 2.62. The van der Waals surface area contributed by atoms with Crippen molar-refractivity contribution in [3.63, 3.8) is 0 Å². The highest BCUT2D eigenvalue weighted by Crippen LogP contribution is 2.18. The zero-order chi connectivity index (χ0) is 15.8. The van der Waals surface area contributed by atoms with Gasteiger partial charge in [0.25, 0.3) is 5.91 Å². The molecule has 0 unspecified atom stereocenters. The maximum absolute atomic E-state index is 11.5. The maximum Gasteiger partial charge on any atom is 0.327 e. The van der Waals surface area contributed by atoms with Crippen molar-refractivity contribution >= 4 is 35.3 Å². The van der Waals surface area contributed by atoms with Gasteiger partial charge in [-0.25, -0.2) is 4.79 Å². The predicted molar refractivity (Wildman–Crippen MR) is 72.6 cm³/mol. The summed E-state index contributed by atoms with van der Waals surface area (Å²) in [7, 11) is 2.59. The quantitative estimate of drug-likeness (QED) is 0.465. The van der Waals surface area contributed by atoms with Crippen LogP contribution in [0, 0.1) is 0 Å². The molecule has 0 saturated heterocycles. The molecule has 0 aliphatic carbocycles. The van der Waals surface area contributed by atoms with Gasteiger partial charge in [-0.05, 0) is 0 Å². The van der Waals surface area contributed by atoms with Gasteiger partial charge in [0.05, 0.1) is 20.5 Å². The van der Waals surface area contributed by atoms with E-state index in [4.69, 9.17) is 11.6 Å². The van der Waals surface area contributed by atoms with Gasteiger partial charge in [0.1, 0.15) is 11.6 Å². The summed E-state index contributed by atoms with van der Waals surface area (Å²) in [4.78, 5) is 33.8. The lowest BCUT2D eigenvalue weighted by atomic mass is 10.5. The molecule has 0 aromatic carbocycles. The van der Waals surface area contributed by atoms with E-state index in [1.54, 1.807) is 0 Å². The minimum Gasteiger partial charge on any atom is -0.504 e. The highest BCUT2D eigenvalue weighted by Gasteiger charge is 2.13. The van der Waals surface area contributed by atoms with Gasteiger partial charge in [-0.15, -0.1) is 0 Å². The smallest absolute Gasteiger partial charge is 0.327 e. The van der Waals surface area contributed by atoms with E-state index in [0.29, 0.717) is 0 Å². The second-order valence-electron chi connectivity index (χ2n) is 3.58. The van der Waals surface area contributed by atoms with Crippen LogP contribution in [0.15, 0.2) is 18.5 Å². The van der Waals surface area contributed by atoms with Gasteiger partial charge in [0.15, 0.2) is 5.82 Å². The molecule has 0 aliphatic rings. The molecule has 1 aromatic heterocycles. The van der Waals surface area contributed by atoms with Crippen LogP contribution in [0.2, 0.25) is 5.02 Å². The van der Waals surface area contributed by atoms with Crippen molar-refractivity contribution in [1.82, 2.24) is 15.1 Å². The summed E-state index contributed by atoms with van der Waals surface area (Å²) < 4.78 is 10.2. The molecule has 2 N–H and O–H groups in total. The van der Waals surface area contributed by atoms with Crippen LogP contribution in [-0.4, -0.2) is 41.9 Å². The number of urea groups is 1. The number of carbonyl (C=O) groups excluding carboxylic acids is 3. The van der Waals surface area contributed by atoms with Crippen LogP contribution in [0.25, 0.3) is 0 Å². The topological polar surface area (TPSA) is 112 Å². The highest BCUT2D eigenvalue weighted by atomic mass is 35.5. The minimum absolute atomic E-state index is 0.00147. The third-order valence-electron chi connectivity index (χ3n) is 2.06. The number of halogens is 1. The molecule has 1 heterocycles. The number of hydrogen-bond donors (Lipinski definition) is 2. The van der Waals surface area contributed by atoms with Crippen LogP contribution >= 0.6 is 11.6 Å². The number of amides is 3. The zero-order valence-electron chi connectivity index (χ0n) is 11.3. The molecule has 0 bridgehead atoms. The van der Waals surface area contributed by atoms with Crippen LogP contribution in [-0.2, 0) is 25.6 Å². The largest absolute Gasteiger partial charge is 0.504 e.